The lowest BCUT2D eigenvalue weighted by Gasteiger charge is -2.14. The molecule has 18 heavy (non-hydrogen) atoms. The number of esters is 1. The van der Waals surface area contributed by atoms with Crippen LogP contribution < -0.4 is 0 Å². The van der Waals surface area contributed by atoms with Crippen LogP contribution in [-0.4, -0.2) is 17.5 Å². The highest BCUT2D eigenvalue weighted by Gasteiger charge is 2.27. The lowest BCUT2D eigenvalue weighted by Crippen LogP contribution is -2.20. The Hall–Kier alpha value is -2.23. The second kappa shape index (κ2) is 4.96. The van der Waals surface area contributed by atoms with E-state index in [9.17, 15) is 14.4 Å². The van der Waals surface area contributed by atoms with E-state index in [1.807, 2.05) is 6.92 Å². The minimum Gasteiger partial charge on any atom is -0.422 e. The number of carbonyl (C=O) groups excluding carboxylic acids is 3. The zero-order chi connectivity index (χ0) is 13.1. The Kier molecular flexibility index (Phi) is 3.37. The van der Waals surface area contributed by atoms with Crippen LogP contribution in [0.1, 0.15) is 40.5 Å². The summed E-state index contributed by atoms with van der Waals surface area (Å²) in [5.74, 6) is -1.42. The molecule has 4 nitrogen and oxygen atoms in total. The van der Waals surface area contributed by atoms with Gasteiger partial charge in [-0.3, -0.25) is 14.4 Å². The lowest BCUT2D eigenvalue weighted by molar-refractivity contribution is -0.139. The number of rotatable bonds is 3. The van der Waals surface area contributed by atoms with E-state index in [2.05, 4.69) is 0 Å². The molecule has 1 aromatic carbocycles. The number of hydrogen-bond donors (Lipinski definition) is 0. The van der Waals surface area contributed by atoms with Gasteiger partial charge in [0, 0.05) is 23.6 Å². The van der Waals surface area contributed by atoms with Gasteiger partial charge < -0.3 is 4.74 Å². The minimum absolute atomic E-state index is 0.183. The van der Waals surface area contributed by atoms with Crippen LogP contribution in [-0.2, 0) is 9.53 Å². The molecule has 0 atom stereocenters. The normalized spacial score (nSPS) is 13.9. The molecule has 4 heteroatoms. The smallest absolute Gasteiger partial charge is 0.311 e. The first-order chi connectivity index (χ1) is 8.63. The molecule has 0 amide bonds. The molecule has 0 aliphatic heterocycles. The summed E-state index contributed by atoms with van der Waals surface area (Å²) in [6, 6.07) is 6.49. The third kappa shape index (κ3) is 2.22. The summed E-state index contributed by atoms with van der Waals surface area (Å²) < 4.78 is 4.92. The monoisotopic (exact) mass is 244 g/mol. The minimum atomic E-state index is -0.496. The van der Waals surface area contributed by atoms with Crippen LogP contribution in [0, 0.1) is 0 Å². The summed E-state index contributed by atoms with van der Waals surface area (Å²) in [5.41, 5.74) is 0.627. The van der Waals surface area contributed by atoms with Gasteiger partial charge in [0.2, 0.25) is 5.78 Å². The Morgan fingerprint density at radius 2 is 1.83 bits per heavy atom. The fraction of sp³-hybridized carbons (Fsp3) is 0.214. The number of fused-ring (bicyclic) bond motifs is 1. The van der Waals surface area contributed by atoms with Gasteiger partial charge in [-0.2, -0.15) is 0 Å². The van der Waals surface area contributed by atoms with E-state index in [-0.39, 0.29) is 23.5 Å². The first-order valence-electron chi connectivity index (χ1n) is 5.74. The lowest BCUT2D eigenvalue weighted by atomic mass is 9.94. The van der Waals surface area contributed by atoms with E-state index in [1.165, 1.54) is 0 Å². The molecule has 0 N–H and O–H groups in total. The molecule has 0 heterocycles. The van der Waals surface area contributed by atoms with E-state index in [1.54, 1.807) is 24.3 Å². The van der Waals surface area contributed by atoms with Crippen molar-refractivity contribution in [3.8, 4) is 0 Å². The number of carbonyl (C=O) groups is 3. The van der Waals surface area contributed by atoms with Crippen molar-refractivity contribution in [1.82, 2.24) is 0 Å². The molecule has 2 rings (SSSR count). The molecule has 0 saturated heterocycles. The summed E-state index contributed by atoms with van der Waals surface area (Å²) in [4.78, 5) is 35.1. The Morgan fingerprint density at radius 1 is 1.17 bits per heavy atom. The molecule has 1 aromatic rings. The maximum Gasteiger partial charge on any atom is 0.311 e. The predicted octanol–water partition coefficient (Wildman–Crippen LogP) is 2.29. The van der Waals surface area contributed by atoms with Gasteiger partial charge in [-0.15, -0.1) is 0 Å². The zero-order valence-corrected chi connectivity index (χ0v) is 9.93. The maximum atomic E-state index is 12.0. The first-order valence-corrected chi connectivity index (χ1v) is 5.74. The molecule has 0 unspecified atom stereocenters. The highest BCUT2D eigenvalue weighted by Crippen LogP contribution is 2.22. The van der Waals surface area contributed by atoms with Crippen LogP contribution in [0.15, 0.2) is 36.1 Å². The summed E-state index contributed by atoms with van der Waals surface area (Å²) in [7, 11) is 0. The molecule has 0 saturated carbocycles. The standard InChI is InChI=1S/C14H12O4/c1-2-5-13(16)18-12-8-11(15)9-6-3-4-7-10(9)14(12)17/h3-4,6-8H,2,5H2,1H3. The maximum absolute atomic E-state index is 12.0. The number of ether oxygens (including phenoxy) is 1. The van der Waals surface area contributed by atoms with Gasteiger partial charge in [0.1, 0.15) is 0 Å². The molecule has 0 fully saturated rings. The third-order valence-electron chi connectivity index (χ3n) is 2.60. The van der Waals surface area contributed by atoms with Crippen molar-refractivity contribution in [1.29, 1.82) is 0 Å². The fourth-order valence-electron chi connectivity index (χ4n) is 1.74. The topological polar surface area (TPSA) is 60.4 Å². The van der Waals surface area contributed by atoms with E-state index in [0.717, 1.165) is 6.08 Å². The average molecular weight is 244 g/mol. The van der Waals surface area contributed by atoms with Crippen molar-refractivity contribution in [2.75, 3.05) is 0 Å². The highest BCUT2D eigenvalue weighted by molar-refractivity contribution is 6.24. The SMILES string of the molecule is CCCC(=O)OC1=CC(=O)c2ccccc2C1=O. The van der Waals surface area contributed by atoms with E-state index in [0.29, 0.717) is 12.0 Å². The summed E-state index contributed by atoms with van der Waals surface area (Å²) in [6.07, 6.45) is 1.93. The second-order valence-corrected chi connectivity index (χ2v) is 3.97. The fourth-order valence-corrected chi connectivity index (χ4v) is 1.74. The summed E-state index contributed by atoms with van der Waals surface area (Å²) in [5, 5.41) is 0. The van der Waals surface area contributed by atoms with Gasteiger partial charge >= 0.3 is 5.97 Å². The number of benzene rings is 1. The van der Waals surface area contributed by atoms with Crippen molar-refractivity contribution in [3.63, 3.8) is 0 Å². The van der Waals surface area contributed by atoms with Gasteiger partial charge in [0.15, 0.2) is 11.5 Å². The van der Waals surface area contributed by atoms with Crippen LogP contribution in [0.4, 0.5) is 0 Å². The van der Waals surface area contributed by atoms with Crippen LogP contribution in [0.2, 0.25) is 0 Å². The Labute approximate surface area is 104 Å². The molecular formula is C14H12O4. The summed E-state index contributed by atoms with van der Waals surface area (Å²) >= 11 is 0. The highest BCUT2D eigenvalue weighted by atomic mass is 16.5. The summed E-state index contributed by atoms with van der Waals surface area (Å²) in [6.45, 7) is 1.83. The van der Waals surface area contributed by atoms with Crippen molar-refractivity contribution in [2.24, 2.45) is 0 Å². The van der Waals surface area contributed by atoms with Gasteiger partial charge in [-0.25, -0.2) is 0 Å². The van der Waals surface area contributed by atoms with E-state index >= 15 is 0 Å². The Balaban J connectivity index is 2.28. The average Bonchev–Trinajstić information content (AvgIpc) is 2.36. The molecule has 0 spiro atoms. The van der Waals surface area contributed by atoms with Gasteiger partial charge in [0.25, 0.3) is 0 Å². The Bertz CT molecular complexity index is 555. The van der Waals surface area contributed by atoms with Gasteiger partial charge in [-0.1, -0.05) is 31.2 Å². The Morgan fingerprint density at radius 3 is 2.50 bits per heavy atom. The number of hydrogen-bond acceptors (Lipinski definition) is 4. The molecule has 92 valence electrons. The zero-order valence-electron chi connectivity index (χ0n) is 9.93. The molecule has 1 aliphatic carbocycles. The number of ketones is 2. The van der Waals surface area contributed by atoms with E-state index < -0.39 is 11.8 Å². The van der Waals surface area contributed by atoms with Crippen molar-refractivity contribution in [2.45, 2.75) is 19.8 Å². The van der Waals surface area contributed by atoms with Crippen molar-refractivity contribution in [3.05, 3.63) is 47.2 Å². The first kappa shape index (κ1) is 12.2. The van der Waals surface area contributed by atoms with Gasteiger partial charge in [-0.05, 0) is 6.42 Å². The van der Waals surface area contributed by atoms with Crippen molar-refractivity contribution >= 4 is 17.5 Å². The quantitative estimate of drug-likeness (QED) is 0.765. The molecule has 0 aromatic heterocycles. The number of Topliss-reactive ketones (excluding diaryl/α,β-unsaturated/α-hetero) is 1. The molecule has 0 bridgehead atoms. The molecule has 1 aliphatic rings. The van der Waals surface area contributed by atoms with Crippen LogP contribution in [0.5, 0.6) is 0 Å². The van der Waals surface area contributed by atoms with Crippen molar-refractivity contribution < 1.29 is 19.1 Å². The van der Waals surface area contributed by atoms with Gasteiger partial charge in [0.05, 0.1) is 0 Å². The predicted molar refractivity (Wildman–Crippen MR) is 64.2 cm³/mol. The van der Waals surface area contributed by atoms with Crippen LogP contribution in [0.25, 0.3) is 0 Å². The molecule has 0 radical (unpaired) electrons. The van der Waals surface area contributed by atoms with Crippen LogP contribution >= 0.6 is 0 Å². The second-order valence-electron chi connectivity index (χ2n) is 3.97. The third-order valence-corrected chi connectivity index (χ3v) is 2.60. The van der Waals surface area contributed by atoms with E-state index in [4.69, 9.17) is 4.74 Å². The number of allylic oxidation sites excluding steroid dienone is 2. The van der Waals surface area contributed by atoms with Crippen LogP contribution in [0.3, 0.4) is 0 Å². The molecular weight excluding hydrogens is 232 g/mol. The largest absolute Gasteiger partial charge is 0.422 e.